The third kappa shape index (κ3) is 4.78. The second-order valence-corrected chi connectivity index (χ2v) is 5.18. The highest BCUT2D eigenvalue weighted by molar-refractivity contribution is 6.30. The highest BCUT2D eigenvalue weighted by atomic mass is 35.5. The van der Waals surface area contributed by atoms with Gasteiger partial charge in [0.15, 0.2) is 6.61 Å². The maximum Gasteiger partial charge on any atom is 0.174 e. The van der Waals surface area contributed by atoms with E-state index in [1.165, 1.54) is 0 Å². The Morgan fingerprint density at radius 1 is 1.24 bits per heavy atom. The van der Waals surface area contributed by atoms with Gasteiger partial charge in [-0.1, -0.05) is 35.9 Å². The molecule has 3 nitrogen and oxygen atoms in total. The van der Waals surface area contributed by atoms with E-state index in [-0.39, 0.29) is 12.6 Å². The van der Waals surface area contributed by atoms with Gasteiger partial charge in [-0.05, 0) is 42.3 Å². The molecule has 0 bridgehead atoms. The molecule has 0 fully saturated rings. The molecule has 2 aromatic rings. The van der Waals surface area contributed by atoms with Gasteiger partial charge in [0, 0.05) is 17.6 Å². The fraction of sp³-hybridized carbons (Fsp3) is 0.235. The van der Waals surface area contributed by atoms with E-state index in [0.29, 0.717) is 5.75 Å². The second-order valence-electron chi connectivity index (χ2n) is 4.75. The van der Waals surface area contributed by atoms with E-state index < -0.39 is 0 Å². The Morgan fingerprint density at radius 3 is 2.67 bits per heavy atom. The molecule has 0 aromatic heterocycles. The molecule has 0 aliphatic carbocycles. The van der Waals surface area contributed by atoms with E-state index >= 15 is 0 Å². The third-order valence-electron chi connectivity index (χ3n) is 3.19. The van der Waals surface area contributed by atoms with Crippen LogP contribution in [0.4, 0.5) is 0 Å². The summed E-state index contributed by atoms with van der Waals surface area (Å²) in [6.45, 7) is 2.94. The molecule has 0 aliphatic heterocycles. The molecule has 2 aromatic carbocycles. The Morgan fingerprint density at radius 2 is 2.00 bits per heavy atom. The zero-order valence-corrected chi connectivity index (χ0v) is 12.6. The zero-order valence-electron chi connectivity index (χ0n) is 11.8. The maximum atomic E-state index is 8.46. The van der Waals surface area contributed by atoms with E-state index in [1.54, 1.807) is 0 Å². The van der Waals surface area contributed by atoms with Crippen molar-refractivity contribution in [2.24, 2.45) is 0 Å². The minimum Gasteiger partial charge on any atom is -0.479 e. The number of hydrogen-bond donors (Lipinski definition) is 1. The van der Waals surface area contributed by atoms with E-state index in [4.69, 9.17) is 21.6 Å². The van der Waals surface area contributed by atoms with Gasteiger partial charge in [-0.3, -0.25) is 0 Å². The number of halogens is 1. The summed E-state index contributed by atoms with van der Waals surface area (Å²) < 4.78 is 5.22. The summed E-state index contributed by atoms with van der Waals surface area (Å²) in [6.07, 6.45) is 0. The Labute approximate surface area is 130 Å². The van der Waals surface area contributed by atoms with Crippen LogP contribution in [0, 0.1) is 11.3 Å². The molecule has 0 aliphatic rings. The molecule has 2 rings (SSSR count). The van der Waals surface area contributed by atoms with Crippen LogP contribution in [0.25, 0.3) is 0 Å². The van der Waals surface area contributed by atoms with Crippen LogP contribution in [0.1, 0.15) is 24.1 Å². The molecule has 0 spiro atoms. The van der Waals surface area contributed by atoms with Gasteiger partial charge in [-0.2, -0.15) is 5.26 Å². The Balaban J connectivity index is 1.89. The molecule has 0 saturated heterocycles. The van der Waals surface area contributed by atoms with Crippen molar-refractivity contribution >= 4 is 11.6 Å². The third-order valence-corrected chi connectivity index (χ3v) is 3.42. The minimum atomic E-state index is 0.0728. The van der Waals surface area contributed by atoms with Crippen LogP contribution >= 0.6 is 11.6 Å². The highest BCUT2D eigenvalue weighted by Gasteiger charge is 2.05. The van der Waals surface area contributed by atoms with Gasteiger partial charge in [0.25, 0.3) is 0 Å². The standard InChI is InChI=1S/C17H17ClN2O/c1-13(15-3-2-4-16(18)11-15)20-12-14-5-7-17(8-6-14)21-10-9-19/h2-8,11,13,20H,10,12H2,1H3/t13-/m1/s1. The smallest absolute Gasteiger partial charge is 0.174 e. The van der Waals surface area contributed by atoms with Gasteiger partial charge in [0.2, 0.25) is 0 Å². The molecule has 0 unspecified atom stereocenters. The van der Waals surface area contributed by atoms with Gasteiger partial charge in [0.1, 0.15) is 11.8 Å². The van der Waals surface area contributed by atoms with Crippen LogP contribution in [0.15, 0.2) is 48.5 Å². The molecule has 0 saturated carbocycles. The lowest BCUT2D eigenvalue weighted by Gasteiger charge is -2.14. The van der Waals surface area contributed by atoms with Gasteiger partial charge in [-0.25, -0.2) is 0 Å². The average Bonchev–Trinajstić information content (AvgIpc) is 2.51. The summed E-state index contributed by atoms with van der Waals surface area (Å²) in [7, 11) is 0. The number of nitriles is 1. The van der Waals surface area contributed by atoms with Crippen molar-refractivity contribution < 1.29 is 4.74 Å². The van der Waals surface area contributed by atoms with E-state index in [0.717, 1.165) is 22.7 Å². The van der Waals surface area contributed by atoms with Gasteiger partial charge >= 0.3 is 0 Å². The van der Waals surface area contributed by atoms with Crippen molar-refractivity contribution in [3.63, 3.8) is 0 Å². The number of hydrogen-bond acceptors (Lipinski definition) is 3. The molecule has 21 heavy (non-hydrogen) atoms. The lowest BCUT2D eigenvalue weighted by atomic mass is 10.1. The van der Waals surface area contributed by atoms with Crippen LogP contribution in [0.2, 0.25) is 5.02 Å². The van der Waals surface area contributed by atoms with E-state index in [2.05, 4.69) is 18.3 Å². The summed E-state index contributed by atoms with van der Waals surface area (Å²) in [5.41, 5.74) is 2.32. The van der Waals surface area contributed by atoms with Gasteiger partial charge in [-0.15, -0.1) is 0 Å². The summed E-state index contributed by atoms with van der Waals surface area (Å²) in [4.78, 5) is 0. The Kier molecular flexibility index (Phi) is 5.62. The number of nitrogens with zero attached hydrogens (tertiary/aromatic N) is 1. The molecule has 108 valence electrons. The summed E-state index contributed by atoms with van der Waals surface area (Å²) >= 11 is 6.00. The first-order chi connectivity index (χ1) is 10.2. The Bertz CT molecular complexity index is 619. The van der Waals surface area contributed by atoms with Gasteiger partial charge in [0.05, 0.1) is 0 Å². The van der Waals surface area contributed by atoms with Crippen molar-refractivity contribution in [3.8, 4) is 11.8 Å². The summed E-state index contributed by atoms with van der Waals surface area (Å²) in [5, 5.41) is 12.7. The maximum absolute atomic E-state index is 8.46. The normalized spacial score (nSPS) is 11.7. The zero-order chi connectivity index (χ0) is 15.1. The van der Waals surface area contributed by atoms with E-state index in [1.807, 2.05) is 48.5 Å². The largest absolute Gasteiger partial charge is 0.479 e. The SMILES string of the molecule is C[C@@H](NCc1ccc(OCC#N)cc1)c1cccc(Cl)c1. The van der Waals surface area contributed by atoms with Crippen LogP contribution in [0.3, 0.4) is 0 Å². The fourth-order valence-electron chi connectivity index (χ4n) is 1.98. The predicted molar refractivity (Wildman–Crippen MR) is 84.3 cm³/mol. The lowest BCUT2D eigenvalue weighted by Crippen LogP contribution is -2.17. The first kappa shape index (κ1) is 15.4. The molecular weight excluding hydrogens is 284 g/mol. The first-order valence-corrected chi connectivity index (χ1v) is 7.14. The van der Waals surface area contributed by atoms with Gasteiger partial charge < -0.3 is 10.1 Å². The molecule has 1 N–H and O–H groups in total. The lowest BCUT2D eigenvalue weighted by molar-refractivity contribution is 0.368. The van der Waals surface area contributed by atoms with Crippen LogP contribution < -0.4 is 10.1 Å². The molecular formula is C17H17ClN2O. The summed E-state index contributed by atoms with van der Waals surface area (Å²) in [5.74, 6) is 0.711. The minimum absolute atomic E-state index is 0.0728. The number of benzene rings is 2. The van der Waals surface area contributed by atoms with Crippen molar-refractivity contribution in [2.45, 2.75) is 19.5 Å². The molecule has 4 heteroatoms. The molecule has 1 atom stereocenters. The van der Waals surface area contributed by atoms with Crippen molar-refractivity contribution in [1.82, 2.24) is 5.32 Å². The number of rotatable bonds is 6. The molecule has 0 radical (unpaired) electrons. The average molecular weight is 301 g/mol. The van der Waals surface area contributed by atoms with Crippen molar-refractivity contribution in [2.75, 3.05) is 6.61 Å². The molecule has 0 amide bonds. The topological polar surface area (TPSA) is 45.0 Å². The number of nitrogens with one attached hydrogen (secondary N) is 1. The first-order valence-electron chi connectivity index (χ1n) is 6.76. The quantitative estimate of drug-likeness (QED) is 0.874. The van der Waals surface area contributed by atoms with Crippen molar-refractivity contribution in [3.05, 3.63) is 64.7 Å². The van der Waals surface area contributed by atoms with Crippen molar-refractivity contribution in [1.29, 1.82) is 5.26 Å². The fourth-order valence-corrected chi connectivity index (χ4v) is 2.18. The second kappa shape index (κ2) is 7.68. The Hall–Kier alpha value is -2.02. The molecule has 0 heterocycles. The van der Waals surface area contributed by atoms with E-state index in [9.17, 15) is 0 Å². The van der Waals surface area contributed by atoms with Crippen LogP contribution in [-0.2, 0) is 6.54 Å². The monoisotopic (exact) mass is 300 g/mol. The van der Waals surface area contributed by atoms with Crippen LogP contribution in [-0.4, -0.2) is 6.61 Å². The number of ether oxygens (including phenoxy) is 1. The summed E-state index contributed by atoms with van der Waals surface area (Å²) in [6, 6.07) is 17.8. The highest BCUT2D eigenvalue weighted by Crippen LogP contribution is 2.18. The predicted octanol–water partition coefficient (Wildman–Crippen LogP) is 4.09. The van der Waals surface area contributed by atoms with Crippen LogP contribution in [0.5, 0.6) is 5.75 Å².